The quantitative estimate of drug-likeness (QED) is 0.184. The van der Waals surface area contributed by atoms with E-state index < -0.39 is 27.0 Å². The van der Waals surface area contributed by atoms with Gasteiger partial charge in [0.1, 0.15) is 5.71 Å². The summed E-state index contributed by atoms with van der Waals surface area (Å²) in [7, 11) is -4.03. The van der Waals surface area contributed by atoms with Crippen LogP contribution in [0.4, 0.5) is 5.13 Å². The summed E-state index contributed by atoms with van der Waals surface area (Å²) in [5.41, 5.74) is 11.0. The molecule has 6 N–H and O–H groups in total. The van der Waals surface area contributed by atoms with Gasteiger partial charge in [-0.2, -0.15) is 16.8 Å². The van der Waals surface area contributed by atoms with Gasteiger partial charge in [0.25, 0.3) is 10.0 Å². The molecule has 11 nitrogen and oxygen atoms in total. The van der Waals surface area contributed by atoms with Crippen molar-refractivity contribution in [3.05, 3.63) is 11.1 Å². The summed E-state index contributed by atoms with van der Waals surface area (Å²) in [6.07, 6.45) is 0. The number of amidine groups is 1. The number of thiazole rings is 1. The molecule has 0 bridgehead atoms. The normalized spacial score (nSPS) is 19.7. The van der Waals surface area contributed by atoms with Gasteiger partial charge in [-0.25, -0.2) is 13.4 Å². The van der Waals surface area contributed by atoms with Crippen molar-refractivity contribution in [2.45, 2.75) is 17.9 Å². The van der Waals surface area contributed by atoms with E-state index in [2.05, 4.69) is 19.7 Å². The summed E-state index contributed by atoms with van der Waals surface area (Å²) < 4.78 is 30.8. The van der Waals surface area contributed by atoms with Crippen molar-refractivity contribution in [2.24, 2.45) is 21.5 Å². The van der Waals surface area contributed by atoms with E-state index in [0.717, 1.165) is 5.69 Å². The van der Waals surface area contributed by atoms with Crippen LogP contribution in [-0.2, 0) is 25.3 Å². The number of guanidine groups is 1. The van der Waals surface area contributed by atoms with Crippen LogP contribution in [0.25, 0.3) is 0 Å². The Morgan fingerprint density at radius 1 is 1.52 bits per heavy atom. The highest BCUT2D eigenvalue weighted by Gasteiger charge is 2.47. The molecule has 148 valence electrons. The largest absolute Gasteiger partial charge is 0.465 e. The summed E-state index contributed by atoms with van der Waals surface area (Å²) in [5, 5.41) is 8.52. The number of hydrogen-bond donors (Lipinski definition) is 4. The third-order valence-electron chi connectivity index (χ3n) is 3.09. The van der Waals surface area contributed by atoms with E-state index in [-0.39, 0.29) is 24.9 Å². The fourth-order valence-electron chi connectivity index (χ4n) is 2.03. The molecule has 0 spiro atoms. The zero-order chi connectivity index (χ0) is 20.0. The van der Waals surface area contributed by atoms with Gasteiger partial charge in [-0.1, -0.05) is 0 Å². The standard InChI is InChI=1S/C13H19N7O4S3/c1-2-24-11(21)9-8(14)10(20-27(9,22)23)17-3-4-25-5-7-6-26-13(18-7)19-12(15)16/h6,9,14H,2-5H2,1H3,(H,17,20)(H4,15,16,18,19). The molecule has 0 aromatic carbocycles. The number of hydrogen-bond acceptors (Lipinski definition) is 10. The Morgan fingerprint density at radius 2 is 2.26 bits per heavy atom. The van der Waals surface area contributed by atoms with Crippen molar-refractivity contribution in [1.82, 2.24) is 9.71 Å². The van der Waals surface area contributed by atoms with Crippen molar-refractivity contribution < 1.29 is 17.9 Å². The predicted octanol–water partition coefficient (Wildman–Crippen LogP) is -0.436. The van der Waals surface area contributed by atoms with E-state index in [1.54, 1.807) is 6.92 Å². The molecule has 0 saturated carbocycles. The number of nitrogens with one attached hydrogen (secondary N) is 2. The lowest BCUT2D eigenvalue weighted by molar-refractivity contribution is -0.141. The first-order valence-corrected chi connectivity index (χ1v) is 11.3. The monoisotopic (exact) mass is 433 g/mol. The van der Waals surface area contributed by atoms with Crippen LogP contribution in [0.3, 0.4) is 0 Å². The summed E-state index contributed by atoms with van der Waals surface area (Å²) in [6.45, 7) is 1.86. The van der Waals surface area contributed by atoms with Crippen molar-refractivity contribution in [3.63, 3.8) is 0 Å². The Hall–Kier alpha value is -2.19. The van der Waals surface area contributed by atoms with E-state index >= 15 is 0 Å². The maximum Gasteiger partial charge on any atom is 0.332 e. The number of nitrogens with two attached hydrogens (primary N) is 2. The first-order chi connectivity index (χ1) is 12.7. The summed E-state index contributed by atoms with van der Waals surface area (Å²) >= 11 is 2.85. The number of aliphatic imine (C=N–C) groups is 2. The highest BCUT2D eigenvalue weighted by atomic mass is 32.2. The van der Waals surface area contributed by atoms with Gasteiger partial charge >= 0.3 is 5.97 Å². The zero-order valence-corrected chi connectivity index (χ0v) is 16.8. The first-order valence-electron chi connectivity index (χ1n) is 7.68. The van der Waals surface area contributed by atoms with Crippen molar-refractivity contribution in [3.8, 4) is 0 Å². The van der Waals surface area contributed by atoms with Gasteiger partial charge in [-0.05, 0) is 6.92 Å². The summed E-state index contributed by atoms with van der Waals surface area (Å²) in [5.74, 6) is 0.0160. The first kappa shape index (κ1) is 21.1. The van der Waals surface area contributed by atoms with Crippen LogP contribution >= 0.6 is 23.1 Å². The molecule has 1 aliphatic rings. The molecular weight excluding hydrogens is 414 g/mol. The summed E-state index contributed by atoms with van der Waals surface area (Å²) in [6, 6.07) is 0. The molecule has 0 amide bonds. The molecule has 1 aromatic heterocycles. The minimum atomic E-state index is -4.03. The van der Waals surface area contributed by atoms with Crippen LogP contribution in [0, 0.1) is 5.41 Å². The van der Waals surface area contributed by atoms with Crippen LogP contribution in [0.5, 0.6) is 0 Å². The molecule has 2 rings (SSSR count). The molecule has 1 aliphatic heterocycles. The molecule has 2 heterocycles. The SMILES string of the molecule is CCOC(=O)C1C(=N)C(=NCCSCc2csc(N=C(N)N)n2)NS1(=O)=O. The lowest BCUT2D eigenvalue weighted by Gasteiger charge is -2.06. The minimum absolute atomic E-state index is 0.0305. The highest BCUT2D eigenvalue weighted by Crippen LogP contribution is 2.21. The van der Waals surface area contributed by atoms with Crippen molar-refractivity contribution in [1.29, 1.82) is 5.41 Å². The van der Waals surface area contributed by atoms with Crippen LogP contribution in [0.2, 0.25) is 0 Å². The van der Waals surface area contributed by atoms with Gasteiger partial charge in [-0.3, -0.25) is 19.9 Å². The van der Waals surface area contributed by atoms with Crippen LogP contribution in [0.15, 0.2) is 15.4 Å². The molecule has 27 heavy (non-hydrogen) atoms. The number of thioether (sulfide) groups is 1. The van der Waals surface area contributed by atoms with Gasteiger partial charge in [0.2, 0.25) is 10.4 Å². The topological polar surface area (TPSA) is 186 Å². The van der Waals surface area contributed by atoms with Crippen molar-refractivity contribution >= 4 is 61.7 Å². The molecule has 1 saturated heterocycles. The van der Waals surface area contributed by atoms with E-state index in [1.165, 1.54) is 23.1 Å². The predicted molar refractivity (Wildman–Crippen MR) is 106 cm³/mol. The molecule has 1 atom stereocenters. The van der Waals surface area contributed by atoms with Crippen LogP contribution in [0.1, 0.15) is 12.6 Å². The van der Waals surface area contributed by atoms with Crippen LogP contribution in [-0.4, -0.2) is 61.0 Å². The molecule has 1 fully saturated rings. The van der Waals surface area contributed by atoms with Gasteiger partial charge in [0.15, 0.2) is 11.8 Å². The van der Waals surface area contributed by atoms with Crippen molar-refractivity contribution in [2.75, 3.05) is 18.9 Å². The Kier molecular flexibility index (Phi) is 7.15. The Labute approximate surface area is 164 Å². The highest BCUT2D eigenvalue weighted by molar-refractivity contribution is 7.98. The second-order valence-corrected chi connectivity index (χ2v) is 8.84. The second kappa shape index (κ2) is 9.14. The fourth-order valence-corrected chi connectivity index (χ4v) is 4.87. The number of aromatic nitrogens is 1. The zero-order valence-electron chi connectivity index (χ0n) is 14.3. The molecule has 0 aliphatic carbocycles. The number of rotatable bonds is 8. The van der Waals surface area contributed by atoms with E-state index in [9.17, 15) is 13.2 Å². The minimum Gasteiger partial charge on any atom is -0.465 e. The Bertz CT molecular complexity index is 874. The molecule has 0 radical (unpaired) electrons. The number of carbonyl (C=O) groups excluding carboxylic acids is 1. The molecule has 1 aromatic rings. The lowest BCUT2D eigenvalue weighted by atomic mass is 10.2. The average Bonchev–Trinajstić information content (AvgIpc) is 3.08. The summed E-state index contributed by atoms with van der Waals surface area (Å²) in [4.78, 5) is 23.9. The Balaban J connectivity index is 1.86. The van der Waals surface area contributed by atoms with E-state index in [4.69, 9.17) is 21.6 Å². The van der Waals surface area contributed by atoms with E-state index in [0.29, 0.717) is 16.6 Å². The smallest absolute Gasteiger partial charge is 0.332 e. The van der Waals surface area contributed by atoms with E-state index in [1.807, 2.05) is 5.38 Å². The fraction of sp³-hybridized carbons (Fsp3) is 0.462. The number of nitrogens with zero attached hydrogens (tertiary/aromatic N) is 3. The maximum absolute atomic E-state index is 12.0. The number of esters is 1. The Morgan fingerprint density at radius 3 is 2.93 bits per heavy atom. The molecular formula is C13H19N7O4S3. The van der Waals surface area contributed by atoms with Gasteiger partial charge < -0.3 is 16.2 Å². The number of sulfonamides is 1. The third kappa shape index (κ3) is 5.64. The van der Waals surface area contributed by atoms with Gasteiger partial charge in [-0.15, -0.1) is 11.3 Å². The number of carbonyl (C=O) groups is 1. The maximum atomic E-state index is 12.0. The molecule has 14 heteroatoms. The van der Waals surface area contributed by atoms with Gasteiger partial charge in [0.05, 0.1) is 18.8 Å². The average molecular weight is 434 g/mol. The third-order valence-corrected chi connectivity index (χ3v) is 6.37. The van der Waals surface area contributed by atoms with Crippen LogP contribution < -0.4 is 16.2 Å². The number of ether oxygens (including phenoxy) is 1. The molecule has 1 unspecified atom stereocenters. The lowest BCUT2D eigenvalue weighted by Crippen LogP contribution is -2.35. The second-order valence-electron chi connectivity index (χ2n) is 5.13. The van der Waals surface area contributed by atoms with Gasteiger partial charge in [0, 0.05) is 16.9 Å².